The van der Waals surface area contributed by atoms with E-state index in [4.69, 9.17) is 4.74 Å². The lowest BCUT2D eigenvalue weighted by atomic mass is 9.89. The van der Waals surface area contributed by atoms with Crippen LogP contribution in [0.15, 0.2) is 200 Å². The Morgan fingerprint density at radius 3 is 1.52 bits per heavy atom. The van der Waals surface area contributed by atoms with E-state index in [0.29, 0.717) is 0 Å². The fourth-order valence-electron chi connectivity index (χ4n) is 7.16. The Labute approximate surface area is 293 Å². The molecule has 0 amide bonds. The van der Waals surface area contributed by atoms with Crippen molar-refractivity contribution in [2.45, 2.75) is 0 Å². The monoisotopic (exact) mass is 639 g/mol. The molecule has 0 fully saturated rings. The summed E-state index contributed by atoms with van der Waals surface area (Å²) in [7, 11) is 0. The number of fused-ring (bicyclic) bond motifs is 5. The van der Waals surface area contributed by atoms with Gasteiger partial charge in [0.2, 0.25) is 0 Å². The highest BCUT2D eigenvalue weighted by molar-refractivity contribution is 5.98. The van der Waals surface area contributed by atoms with Crippen LogP contribution in [0.25, 0.3) is 55.6 Å². The predicted octanol–water partition coefficient (Wildman–Crippen LogP) is 13.6. The van der Waals surface area contributed by atoms with Crippen LogP contribution in [0.3, 0.4) is 0 Å². The molecule has 0 saturated heterocycles. The highest BCUT2D eigenvalue weighted by Crippen LogP contribution is 2.52. The molecule has 0 aliphatic carbocycles. The highest BCUT2D eigenvalue weighted by Gasteiger charge is 2.25. The molecule has 0 bridgehead atoms. The minimum atomic E-state index is 0.821. The molecule has 8 aromatic rings. The lowest BCUT2D eigenvalue weighted by molar-refractivity contribution is 0.488. The molecule has 0 aromatic heterocycles. The molecule has 9 rings (SSSR count). The van der Waals surface area contributed by atoms with Gasteiger partial charge in [-0.05, 0) is 75.3 Å². The molecule has 0 unspecified atom stereocenters. The first kappa shape index (κ1) is 29.5. The molecule has 2 nitrogen and oxygen atoms in total. The number of hydrogen-bond acceptors (Lipinski definition) is 2. The van der Waals surface area contributed by atoms with Crippen LogP contribution in [0.2, 0.25) is 0 Å². The first-order valence-electron chi connectivity index (χ1n) is 17.0. The maximum atomic E-state index is 6.97. The summed E-state index contributed by atoms with van der Waals surface area (Å²) in [4.78, 5) is 2.35. The van der Waals surface area contributed by atoms with E-state index >= 15 is 0 Å². The summed E-state index contributed by atoms with van der Waals surface area (Å²) >= 11 is 0. The lowest BCUT2D eigenvalue weighted by Gasteiger charge is -2.28. The maximum absolute atomic E-state index is 6.97. The molecule has 0 N–H and O–H groups in total. The molecule has 0 saturated carbocycles. The van der Waals surface area contributed by atoms with E-state index in [1.165, 1.54) is 11.1 Å². The van der Waals surface area contributed by atoms with Gasteiger partial charge in [0, 0.05) is 34.1 Å². The Bertz CT molecular complexity index is 2430. The van der Waals surface area contributed by atoms with Gasteiger partial charge in [-0.3, -0.25) is 0 Å². The van der Waals surface area contributed by atoms with Crippen molar-refractivity contribution in [3.8, 4) is 67.1 Å². The van der Waals surface area contributed by atoms with E-state index in [1.807, 2.05) is 0 Å². The van der Waals surface area contributed by atoms with Crippen LogP contribution in [0.4, 0.5) is 17.1 Å². The fourth-order valence-corrected chi connectivity index (χ4v) is 7.16. The SMILES string of the molecule is c1ccc(-c2ccc(N(c3ccc4c(c3)Oc3cccc(-c5ccccc5)c3-c3ccccc3-4)c3ccccc3-c3ccccc3)cc2)cc1. The van der Waals surface area contributed by atoms with E-state index in [-0.39, 0.29) is 0 Å². The van der Waals surface area contributed by atoms with Crippen molar-refractivity contribution in [2.24, 2.45) is 0 Å². The van der Waals surface area contributed by atoms with Crippen LogP contribution in [0.1, 0.15) is 0 Å². The zero-order chi connectivity index (χ0) is 33.3. The minimum absolute atomic E-state index is 0.821. The van der Waals surface area contributed by atoms with Crippen molar-refractivity contribution in [3.05, 3.63) is 200 Å². The zero-order valence-corrected chi connectivity index (χ0v) is 27.4. The first-order valence-corrected chi connectivity index (χ1v) is 17.0. The molecular weight excluding hydrogens is 607 g/mol. The fraction of sp³-hybridized carbons (Fsp3) is 0. The van der Waals surface area contributed by atoms with Gasteiger partial charge in [-0.25, -0.2) is 0 Å². The standard InChI is InChI=1S/C48H33NO/c1-4-15-34(16-5-1)35-27-29-38(30-28-35)49(45-25-13-12-21-40(45)36-17-6-2-7-18-36)39-31-32-43-42-22-10-11-23-44(42)48-41(37-19-8-3-9-20-37)24-14-26-46(48)50-47(43)33-39/h1-33H. The van der Waals surface area contributed by atoms with Crippen molar-refractivity contribution in [3.63, 3.8) is 0 Å². The summed E-state index contributed by atoms with van der Waals surface area (Å²) in [5, 5.41) is 0. The largest absolute Gasteiger partial charge is 0.456 e. The molecule has 8 aromatic carbocycles. The summed E-state index contributed by atoms with van der Waals surface area (Å²) in [6.45, 7) is 0. The van der Waals surface area contributed by atoms with Crippen molar-refractivity contribution < 1.29 is 4.74 Å². The molecule has 1 aliphatic rings. The van der Waals surface area contributed by atoms with Gasteiger partial charge < -0.3 is 9.64 Å². The molecule has 0 atom stereocenters. The van der Waals surface area contributed by atoms with Gasteiger partial charge in [0.05, 0.1) is 5.69 Å². The second kappa shape index (κ2) is 12.8. The van der Waals surface area contributed by atoms with Crippen molar-refractivity contribution in [1.29, 1.82) is 0 Å². The van der Waals surface area contributed by atoms with Crippen LogP contribution in [0, 0.1) is 0 Å². The summed E-state index contributed by atoms with van der Waals surface area (Å²) in [6.07, 6.45) is 0. The van der Waals surface area contributed by atoms with Crippen LogP contribution >= 0.6 is 0 Å². The zero-order valence-electron chi connectivity index (χ0n) is 27.4. The average Bonchev–Trinajstić information content (AvgIpc) is 3.34. The van der Waals surface area contributed by atoms with Gasteiger partial charge in [0.1, 0.15) is 11.5 Å². The number of hydrogen-bond donors (Lipinski definition) is 0. The smallest absolute Gasteiger partial charge is 0.137 e. The van der Waals surface area contributed by atoms with E-state index in [9.17, 15) is 0 Å². The maximum Gasteiger partial charge on any atom is 0.137 e. The Morgan fingerprint density at radius 2 is 0.820 bits per heavy atom. The first-order chi connectivity index (χ1) is 24.8. The molecule has 2 heteroatoms. The van der Waals surface area contributed by atoms with Crippen LogP contribution < -0.4 is 9.64 Å². The van der Waals surface area contributed by atoms with Crippen molar-refractivity contribution in [2.75, 3.05) is 4.90 Å². The number of ether oxygens (including phenoxy) is 1. The predicted molar refractivity (Wildman–Crippen MR) is 208 cm³/mol. The number of rotatable bonds is 6. The van der Waals surface area contributed by atoms with Crippen LogP contribution in [-0.4, -0.2) is 0 Å². The quantitative estimate of drug-likeness (QED) is 0.179. The second-order valence-corrected chi connectivity index (χ2v) is 12.5. The Kier molecular flexibility index (Phi) is 7.53. The summed E-state index contributed by atoms with van der Waals surface area (Å²) in [6, 6.07) is 70.9. The van der Waals surface area contributed by atoms with E-state index in [0.717, 1.165) is 73.1 Å². The third kappa shape index (κ3) is 5.34. The Balaban J connectivity index is 1.23. The third-order valence-electron chi connectivity index (χ3n) is 9.50. The minimum Gasteiger partial charge on any atom is -0.456 e. The number of anilines is 3. The number of benzene rings is 8. The summed E-state index contributed by atoms with van der Waals surface area (Å²) < 4.78 is 6.97. The van der Waals surface area contributed by atoms with Gasteiger partial charge >= 0.3 is 0 Å². The molecule has 0 spiro atoms. The van der Waals surface area contributed by atoms with Crippen LogP contribution in [-0.2, 0) is 0 Å². The van der Waals surface area contributed by atoms with Crippen LogP contribution in [0.5, 0.6) is 11.5 Å². The molecule has 236 valence electrons. The van der Waals surface area contributed by atoms with Crippen molar-refractivity contribution in [1.82, 2.24) is 0 Å². The highest BCUT2D eigenvalue weighted by atomic mass is 16.5. The molecule has 0 radical (unpaired) electrons. The molecular formula is C48H33NO. The van der Waals surface area contributed by atoms with Crippen molar-refractivity contribution >= 4 is 17.1 Å². The van der Waals surface area contributed by atoms with E-state index < -0.39 is 0 Å². The normalized spacial score (nSPS) is 11.4. The Hall–Kier alpha value is -6.64. The van der Waals surface area contributed by atoms with E-state index in [1.54, 1.807) is 0 Å². The van der Waals surface area contributed by atoms with Gasteiger partial charge in [0.15, 0.2) is 0 Å². The van der Waals surface area contributed by atoms with E-state index in [2.05, 4.69) is 205 Å². The van der Waals surface area contributed by atoms with Gasteiger partial charge in [0.25, 0.3) is 0 Å². The second-order valence-electron chi connectivity index (χ2n) is 12.5. The van der Waals surface area contributed by atoms with Gasteiger partial charge in [-0.2, -0.15) is 0 Å². The summed E-state index contributed by atoms with van der Waals surface area (Å²) in [5.41, 5.74) is 14.7. The molecule has 50 heavy (non-hydrogen) atoms. The molecule has 1 heterocycles. The third-order valence-corrected chi connectivity index (χ3v) is 9.50. The topological polar surface area (TPSA) is 12.5 Å². The number of para-hydroxylation sites is 1. The van der Waals surface area contributed by atoms with Gasteiger partial charge in [-0.1, -0.05) is 158 Å². The number of nitrogens with zero attached hydrogens (tertiary/aromatic N) is 1. The Morgan fingerprint density at radius 1 is 0.300 bits per heavy atom. The average molecular weight is 640 g/mol. The van der Waals surface area contributed by atoms with Gasteiger partial charge in [-0.15, -0.1) is 0 Å². The summed E-state index contributed by atoms with van der Waals surface area (Å²) in [5.74, 6) is 1.67. The lowest BCUT2D eigenvalue weighted by Crippen LogP contribution is -2.11. The molecule has 1 aliphatic heterocycles.